The number of nitrogens with zero attached hydrogens (tertiary/aromatic N) is 4. The van der Waals surface area contributed by atoms with Gasteiger partial charge < -0.3 is 4.90 Å². The first kappa shape index (κ1) is 15.3. The monoisotopic (exact) mass is 290 g/mol. The second-order valence-electron chi connectivity index (χ2n) is 5.16. The fourth-order valence-electron chi connectivity index (χ4n) is 2.26. The Morgan fingerprint density at radius 3 is 2.81 bits per heavy atom. The van der Waals surface area contributed by atoms with Crippen LogP contribution >= 0.6 is 0 Å². The lowest BCUT2D eigenvalue weighted by Gasteiger charge is -2.17. The summed E-state index contributed by atoms with van der Waals surface area (Å²) < 4.78 is 3.06. The van der Waals surface area contributed by atoms with Crippen molar-refractivity contribution in [2.45, 2.75) is 39.7 Å². The first-order chi connectivity index (χ1) is 10.1. The molecule has 0 saturated carbocycles. The molecule has 0 bridgehead atoms. The van der Waals surface area contributed by atoms with E-state index in [1.807, 2.05) is 19.2 Å². The molecule has 0 unspecified atom stereocenters. The number of hydrogen-bond acceptors (Lipinski definition) is 3. The summed E-state index contributed by atoms with van der Waals surface area (Å²) in [5.74, 6) is 0.689. The third kappa shape index (κ3) is 3.15. The standard InChI is InChI=1S/C15H22N4O2/c1-4-6-9-17(3)14(20)11-19-15(21)12-8-7-10-18(12)13(5-2)16-19/h7-8,10H,4-6,9,11H2,1-3H3. The van der Waals surface area contributed by atoms with Crippen LogP contribution in [-0.4, -0.2) is 38.6 Å². The molecular weight excluding hydrogens is 268 g/mol. The molecule has 6 nitrogen and oxygen atoms in total. The highest BCUT2D eigenvalue weighted by atomic mass is 16.2. The van der Waals surface area contributed by atoms with Gasteiger partial charge in [-0.05, 0) is 18.6 Å². The highest BCUT2D eigenvalue weighted by molar-refractivity contribution is 5.75. The average molecular weight is 290 g/mol. The van der Waals surface area contributed by atoms with Crippen LogP contribution in [0.1, 0.15) is 32.5 Å². The fraction of sp³-hybridized carbons (Fsp3) is 0.533. The van der Waals surface area contributed by atoms with Gasteiger partial charge in [-0.1, -0.05) is 20.3 Å². The van der Waals surface area contributed by atoms with E-state index in [0.717, 1.165) is 18.7 Å². The maximum absolute atomic E-state index is 12.3. The maximum atomic E-state index is 12.3. The van der Waals surface area contributed by atoms with Gasteiger partial charge in [0.2, 0.25) is 5.91 Å². The number of hydrogen-bond donors (Lipinski definition) is 0. The van der Waals surface area contributed by atoms with Crippen LogP contribution in [-0.2, 0) is 17.8 Å². The summed E-state index contributed by atoms with van der Waals surface area (Å²) in [7, 11) is 1.76. The molecule has 0 fully saturated rings. The van der Waals surface area contributed by atoms with Crippen LogP contribution in [0.2, 0.25) is 0 Å². The molecule has 0 N–H and O–H groups in total. The van der Waals surface area contributed by atoms with E-state index >= 15 is 0 Å². The molecule has 0 aromatic carbocycles. The smallest absolute Gasteiger partial charge is 0.291 e. The van der Waals surface area contributed by atoms with Crippen molar-refractivity contribution in [1.82, 2.24) is 19.1 Å². The lowest BCUT2D eigenvalue weighted by Crippen LogP contribution is -2.36. The van der Waals surface area contributed by atoms with Gasteiger partial charge >= 0.3 is 0 Å². The number of amides is 1. The Morgan fingerprint density at radius 2 is 2.14 bits per heavy atom. The van der Waals surface area contributed by atoms with Crippen molar-refractivity contribution in [2.24, 2.45) is 0 Å². The van der Waals surface area contributed by atoms with E-state index in [2.05, 4.69) is 12.0 Å². The van der Waals surface area contributed by atoms with Crippen molar-refractivity contribution >= 4 is 11.4 Å². The van der Waals surface area contributed by atoms with Crippen LogP contribution < -0.4 is 5.56 Å². The van der Waals surface area contributed by atoms with Crippen LogP contribution in [0.25, 0.3) is 5.52 Å². The zero-order chi connectivity index (χ0) is 15.4. The second kappa shape index (κ2) is 6.56. The minimum atomic E-state index is -0.227. The van der Waals surface area contributed by atoms with Crippen molar-refractivity contribution in [1.29, 1.82) is 0 Å². The lowest BCUT2D eigenvalue weighted by atomic mass is 10.3. The van der Waals surface area contributed by atoms with Crippen LogP contribution in [0, 0.1) is 0 Å². The number of aryl methyl sites for hydroxylation is 1. The second-order valence-corrected chi connectivity index (χ2v) is 5.16. The minimum Gasteiger partial charge on any atom is -0.344 e. The normalized spacial score (nSPS) is 11.0. The number of carbonyl (C=O) groups is 1. The quantitative estimate of drug-likeness (QED) is 0.806. The Hall–Kier alpha value is -2.11. The average Bonchev–Trinajstić information content (AvgIpc) is 2.97. The highest BCUT2D eigenvalue weighted by Crippen LogP contribution is 2.03. The van der Waals surface area contributed by atoms with Crippen molar-refractivity contribution in [3.63, 3.8) is 0 Å². The van der Waals surface area contributed by atoms with Crippen LogP contribution in [0.5, 0.6) is 0 Å². The van der Waals surface area contributed by atoms with Gasteiger partial charge in [0.15, 0.2) is 0 Å². The zero-order valence-corrected chi connectivity index (χ0v) is 12.9. The van der Waals surface area contributed by atoms with Crippen molar-refractivity contribution in [2.75, 3.05) is 13.6 Å². The lowest BCUT2D eigenvalue weighted by molar-refractivity contribution is -0.130. The molecule has 21 heavy (non-hydrogen) atoms. The molecule has 2 heterocycles. The minimum absolute atomic E-state index is 0.00622. The van der Waals surface area contributed by atoms with E-state index < -0.39 is 0 Å². The SMILES string of the molecule is CCCCN(C)C(=O)Cn1nc(CC)n2cccc2c1=O. The topological polar surface area (TPSA) is 59.6 Å². The van der Waals surface area contributed by atoms with Gasteiger partial charge in [0, 0.05) is 26.2 Å². The molecule has 2 rings (SSSR count). The van der Waals surface area contributed by atoms with Gasteiger partial charge in [-0.3, -0.25) is 14.0 Å². The Morgan fingerprint density at radius 1 is 1.38 bits per heavy atom. The first-order valence-electron chi connectivity index (χ1n) is 7.39. The van der Waals surface area contributed by atoms with E-state index in [9.17, 15) is 9.59 Å². The summed E-state index contributed by atoms with van der Waals surface area (Å²) in [5.41, 5.74) is 0.334. The molecule has 0 atom stereocenters. The molecule has 0 saturated heterocycles. The van der Waals surface area contributed by atoms with Gasteiger partial charge in [0.1, 0.15) is 17.9 Å². The number of unbranched alkanes of at least 4 members (excludes halogenated alkanes) is 1. The van der Waals surface area contributed by atoms with Crippen LogP contribution in [0.4, 0.5) is 0 Å². The third-order valence-electron chi connectivity index (χ3n) is 3.59. The predicted octanol–water partition coefficient (Wildman–Crippen LogP) is 1.32. The van der Waals surface area contributed by atoms with Crippen LogP contribution in [0.3, 0.4) is 0 Å². The summed E-state index contributed by atoms with van der Waals surface area (Å²) in [6.07, 6.45) is 4.52. The number of aromatic nitrogens is 3. The van der Waals surface area contributed by atoms with Crippen LogP contribution in [0.15, 0.2) is 23.1 Å². The maximum Gasteiger partial charge on any atom is 0.291 e. The third-order valence-corrected chi connectivity index (χ3v) is 3.59. The highest BCUT2D eigenvalue weighted by Gasteiger charge is 2.14. The van der Waals surface area contributed by atoms with Gasteiger partial charge in [-0.2, -0.15) is 5.10 Å². The molecule has 0 spiro atoms. The van der Waals surface area contributed by atoms with E-state index in [0.29, 0.717) is 18.5 Å². The van der Waals surface area contributed by atoms with E-state index in [1.54, 1.807) is 22.4 Å². The van der Waals surface area contributed by atoms with Gasteiger partial charge in [0.25, 0.3) is 5.56 Å². The molecule has 2 aromatic heterocycles. The summed E-state index contributed by atoms with van der Waals surface area (Å²) in [5, 5.41) is 4.31. The largest absolute Gasteiger partial charge is 0.344 e. The summed E-state index contributed by atoms with van der Waals surface area (Å²) >= 11 is 0. The zero-order valence-electron chi connectivity index (χ0n) is 12.9. The Bertz CT molecular complexity index is 687. The Labute approximate surface area is 124 Å². The molecule has 2 aromatic rings. The molecule has 0 aliphatic carbocycles. The predicted molar refractivity (Wildman–Crippen MR) is 81.4 cm³/mol. The molecule has 114 valence electrons. The fourth-order valence-corrected chi connectivity index (χ4v) is 2.26. The van der Waals surface area contributed by atoms with E-state index in [1.165, 1.54) is 4.68 Å². The Balaban J connectivity index is 2.28. The summed E-state index contributed by atoms with van der Waals surface area (Å²) in [4.78, 5) is 26.2. The van der Waals surface area contributed by atoms with Crippen molar-refractivity contribution in [3.05, 3.63) is 34.5 Å². The molecule has 0 aliphatic rings. The first-order valence-corrected chi connectivity index (χ1v) is 7.39. The Kier molecular flexibility index (Phi) is 4.77. The number of likely N-dealkylation sites (N-methyl/N-ethyl adjacent to an activating group) is 1. The molecule has 0 aliphatic heterocycles. The van der Waals surface area contributed by atoms with Gasteiger partial charge in [0.05, 0.1) is 0 Å². The number of fused-ring (bicyclic) bond motifs is 1. The van der Waals surface area contributed by atoms with E-state index in [4.69, 9.17) is 0 Å². The van der Waals surface area contributed by atoms with Crippen molar-refractivity contribution in [3.8, 4) is 0 Å². The summed E-state index contributed by atoms with van der Waals surface area (Å²) in [6.45, 7) is 4.76. The van der Waals surface area contributed by atoms with Gasteiger partial charge in [-0.15, -0.1) is 0 Å². The molecule has 0 radical (unpaired) electrons. The molecular formula is C15H22N4O2. The van der Waals surface area contributed by atoms with Crippen molar-refractivity contribution < 1.29 is 4.79 Å². The van der Waals surface area contributed by atoms with E-state index in [-0.39, 0.29) is 18.0 Å². The number of rotatable bonds is 6. The van der Waals surface area contributed by atoms with Gasteiger partial charge in [-0.25, -0.2) is 4.68 Å². The molecule has 6 heteroatoms. The summed E-state index contributed by atoms with van der Waals surface area (Å²) in [6, 6.07) is 3.57. The molecule has 1 amide bonds. The number of carbonyl (C=O) groups excluding carboxylic acids is 1.